The van der Waals surface area contributed by atoms with Crippen LogP contribution in [0, 0.1) is 24.5 Å². The SMILES string of the molecule is Cc1c(N(C)F)cc(F)c(SNc2cccc(F)n2)c1F. The molecule has 0 spiro atoms. The van der Waals surface area contributed by atoms with Crippen LogP contribution in [0.25, 0.3) is 0 Å². The zero-order valence-corrected chi connectivity index (χ0v) is 11.9. The van der Waals surface area contributed by atoms with Gasteiger partial charge in [-0.05, 0) is 31.0 Å². The van der Waals surface area contributed by atoms with Crippen LogP contribution in [-0.4, -0.2) is 12.0 Å². The Hall–Kier alpha value is -1.96. The molecule has 0 aliphatic carbocycles. The lowest BCUT2D eigenvalue weighted by Gasteiger charge is -2.15. The zero-order chi connectivity index (χ0) is 15.6. The van der Waals surface area contributed by atoms with Gasteiger partial charge in [0, 0.05) is 18.7 Å². The van der Waals surface area contributed by atoms with Gasteiger partial charge in [-0.15, -0.1) is 4.48 Å². The Labute approximate surface area is 123 Å². The lowest BCUT2D eigenvalue weighted by Crippen LogP contribution is -2.08. The van der Waals surface area contributed by atoms with Crippen molar-refractivity contribution in [3.05, 3.63) is 47.4 Å². The third kappa shape index (κ3) is 3.38. The highest BCUT2D eigenvalue weighted by atomic mass is 32.2. The van der Waals surface area contributed by atoms with E-state index in [1.54, 1.807) is 0 Å². The first kappa shape index (κ1) is 15.4. The number of nitrogens with zero attached hydrogens (tertiary/aromatic N) is 2. The van der Waals surface area contributed by atoms with E-state index >= 15 is 0 Å². The molecule has 0 aliphatic rings. The minimum Gasteiger partial charge on any atom is -0.310 e. The number of pyridine rings is 1. The lowest BCUT2D eigenvalue weighted by atomic mass is 10.2. The molecular weight excluding hydrogens is 306 g/mol. The Morgan fingerprint density at radius 2 is 1.95 bits per heavy atom. The van der Waals surface area contributed by atoms with Gasteiger partial charge in [-0.3, -0.25) is 0 Å². The summed E-state index contributed by atoms with van der Waals surface area (Å²) in [5.41, 5.74) is -0.226. The van der Waals surface area contributed by atoms with Crippen LogP contribution in [-0.2, 0) is 0 Å². The summed E-state index contributed by atoms with van der Waals surface area (Å²) < 4.78 is 56.5. The van der Waals surface area contributed by atoms with Gasteiger partial charge in [0.2, 0.25) is 5.95 Å². The van der Waals surface area contributed by atoms with Gasteiger partial charge in [-0.25, -0.2) is 18.9 Å². The van der Waals surface area contributed by atoms with E-state index < -0.39 is 17.6 Å². The monoisotopic (exact) mass is 317 g/mol. The Balaban J connectivity index is 2.27. The van der Waals surface area contributed by atoms with E-state index in [1.165, 1.54) is 19.1 Å². The topological polar surface area (TPSA) is 28.2 Å². The molecule has 0 radical (unpaired) electrons. The normalized spacial score (nSPS) is 10.6. The molecule has 8 heteroatoms. The number of benzene rings is 1. The summed E-state index contributed by atoms with van der Waals surface area (Å²) in [6.45, 7) is 1.34. The molecule has 21 heavy (non-hydrogen) atoms. The number of hydrogen-bond donors (Lipinski definition) is 1. The summed E-state index contributed by atoms with van der Waals surface area (Å²) in [5.74, 6) is -2.41. The van der Waals surface area contributed by atoms with Crippen molar-refractivity contribution in [2.75, 3.05) is 16.9 Å². The second-order valence-corrected chi connectivity index (χ2v) is 4.99. The van der Waals surface area contributed by atoms with E-state index in [0.717, 1.165) is 19.2 Å². The molecule has 0 fully saturated rings. The van der Waals surface area contributed by atoms with Crippen molar-refractivity contribution in [2.24, 2.45) is 0 Å². The molecule has 1 N–H and O–H groups in total. The maximum atomic E-state index is 14.1. The number of aromatic nitrogens is 1. The molecule has 0 amide bonds. The van der Waals surface area contributed by atoms with Crippen LogP contribution in [0.4, 0.5) is 29.2 Å². The van der Waals surface area contributed by atoms with E-state index in [-0.39, 0.29) is 27.1 Å². The number of anilines is 2. The minimum atomic E-state index is -0.925. The van der Waals surface area contributed by atoms with Crippen molar-refractivity contribution in [1.82, 2.24) is 4.98 Å². The fourth-order valence-corrected chi connectivity index (χ4v) is 2.38. The first-order chi connectivity index (χ1) is 9.90. The largest absolute Gasteiger partial charge is 0.310 e. The van der Waals surface area contributed by atoms with Crippen LogP contribution in [0.3, 0.4) is 0 Å². The molecule has 1 heterocycles. The van der Waals surface area contributed by atoms with E-state index in [4.69, 9.17) is 0 Å². The van der Waals surface area contributed by atoms with Gasteiger partial charge in [0.15, 0.2) is 0 Å². The van der Waals surface area contributed by atoms with Crippen molar-refractivity contribution in [3.8, 4) is 0 Å². The number of hydrogen-bond acceptors (Lipinski definition) is 4. The number of rotatable bonds is 4. The zero-order valence-electron chi connectivity index (χ0n) is 11.1. The third-order valence-corrected chi connectivity index (χ3v) is 3.59. The highest BCUT2D eigenvalue weighted by Gasteiger charge is 2.19. The summed E-state index contributed by atoms with van der Waals surface area (Å²) >= 11 is 0.600. The predicted octanol–water partition coefficient (Wildman–Crippen LogP) is 4.25. The smallest absolute Gasteiger partial charge is 0.214 e. The standard InChI is InChI=1S/C13H11F4N3S/c1-7-9(20(2)17)6-8(14)13(12(7)16)21-19-11-5-3-4-10(15)18-11/h3-6H,1-2H3,(H,18,19). The molecule has 2 rings (SSSR count). The van der Waals surface area contributed by atoms with Crippen LogP contribution >= 0.6 is 11.9 Å². The van der Waals surface area contributed by atoms with Crippen LogP contribution in [0.2, 0.25) is 0 Å². The van der Waals surface area contributed by atoms with Crippen molar-refractivity contribution in [2.45, 2.75) is 11.8 Å². The van der Waals surface area contributed by atoms with E-state index in [2.05, 4.69) is 9.71 Å². The molecule has 0 atom stereocenters. The minimum absolute atomic E-state index is 0.0297. The summed E-state index contributed by atoms with van der Waals surface area (Å²) in [6, 6.07) is 4.89. The lowest BCUT2D eigenvalue weighted by molar-refractivity contribution is 0.465. The summed E-state index contributed by atoms with van der Waals surface area (Å²) in [7, 11) is 1.04. The Kier molecular flexibility index (Phi) is 4.56. The first-order valence-electron chi connectivity index (χ1n) is 5.83. The average molecular weight is 317 g/mol. The molecule has 0 saturated heterocycles. The van der Waals surface area contributed by atoms with E-state index in [9.17, 15) is 17.7 Å². The Morgan fingerprint density at radius 1 is 1.24 bits per heavy atom. The van der Waals surface area contributed by atoms with E-state index in [1.807, 2.05) is 0 Å². The van der Waals surface area contributed by atoms with Crippen molar-refractivity contribution in [1.29, 1.82) is 0 Å². The first-order valence-corrected chi connectivity index (χ1v) is 6.65. The van der Waals surface area contributed by atoms with Gasteiger partial charge in [0.1, 0.15) is 22.3 Å². The molecule has 3 nitrogen and oxygen atoms in total. The quantitative estimate of drug-likeness (QED) is 0.395. The molecule has 0 unspecified atom stereocenters. The molecule has 112 valence electrons. The van der Waals surface area contributed by atoms with Crippen molar-refractivity contribution in [3.63, 3.8) is 0 Å². The summed E-state index contributed by atoms with van der Waals surface area (Å²) in [5, 5.41) is 0.136. The van der Waals surface area contributed by atoms with Crippen LogP contribution in [0.5, 0.6) is 0 Å². The molecular formula is C13H11F4N3S. The van der Waals surface area contributed by atoms with Gasteiger partial charge in [0.05, 0.1) is 5.69 Å². The molecule has 0 bridgehead atoms. The third-order valence-electron chi connectivity index (χ3n) is 2.70. The van der Waals surface area contributed by atoms with E-state index in [0.29, 0.717) is 11.9 Å². The molecule has 0 aliphatic heterocycles. The van der Waals surface area contributed by atoms with Crippen LogP contribution in [0.15, 0.2) is 29.2 Å². The summed E-state index contributed by atoms with van der Waals surface area (Å²) in [6.07, 6.45) is 0. The summed E-state index contributed by atoms with van der Waals surface area (Å²) in [4.78, 5) is 3.16. The maximum Gasteiger partial charge on any atom is 0.214 e. The highest BCUT2D eigenvalue weighted by molar-refractivity contribution is 8.00. The highest BCUT2D eigenvalue weighted by Crippen LogP contribution is 2.33. The van der Waals surface area contributed by atoms with Gasteiger partial charge < -0.3 is 4.72 Å². The number of nitrogens with one attached hydrogen (secondary N) is 1. The van der Waals surface area contributed by atoms with Crippen molar-refractivity contribution < 1.29 is 17.7 Å². The van der Waals surface area contributed by atoms with Crippen LogP contribution in [0.1, 0.15) is 5.56 Å². The van der Waals surface area contributed by atoms with Gasteiger partial charge in [-0.1, -0.05) is 6.07 Å². The average Bonchev–Trinajstić information content (AvgIpc) is 2.42. The Bertz CT molecular complexity index is 664. The fraction of sp³-hybridized carbons (Fsp3) is 0.154. The second-order valence-electron chi connectivity index (χ2n) is 4.17. The van der Waals surface area contributed by atoms with Crippen LogP contribution < -0.4 is 9.84 Å². The van der Waals surface area contributed by atoms with Crippen molar-refractivity contribution >= 4 is 23.5 Å². The maximum absolute atomic E-state index is 14.1. The molecule has 1 aromatic heterocycles. The fourth-order valence-electron chi connectivity index (χ4n) is 1.66. The second kappa shape index (κ2) is 6.21. The van der Waals surface area contributed by atoms with Gasteiger partial charge >= 0.3 is 0 Å². The van der Waals surface area contributed by atoms with Gasteiger partial charge in [0.25, 0.3) is 0 Å². The van der Waals surface area contributed by atoms with Gasteiger partial charge in [-0.2, -0.15) is 4.39 Å². The molecule has 1 aromatic carbocycles. The Morgan fingerprint density at radius 3 is 2.57 bits per heavy atom. The predicted molar refractivity (Wildman–Crippen MR) is 74.3 cm³/mol. The molecule has 2 aromatic rings. The number of halogens is 4. The molecule has 0 saturated carbocycles.